The van der Waals surface area contributed by atoms with Crippen LogP contribution in [0, 0.1) is 0 Å². The third kappa shape index (κ3) is 3.76. The van der Waals surface area contributed by atoms with Gasteiger partial charge in [-0.25, -0.2) is 0 Å². The molecule has 0 aromatic heterocycles. The highest BCUT2D eigenvalue weighted by Gasteiger charge is 2.40. The number of halogens is 2. The van der Waals surface area contributed by atoms with Gasteiger partial charge in [-0.3, -0.25) is 9.46 Å². The van der Waals surface area contributed by atoms with Crippen LogP contribution >= 0.6 is 30.8 Å². The zero-order valence-corrected chi connectivity index (χ0v) is 14.5. The first kappa shape index (κ1) is 18.0. The Kier molecular flexibility index (Phi) is 6.99. The number of rotatable bonds is 7. The first-order valence-electron chi connectivity index (χ1n) is 6.33. The van der Waals surface area contributed by atoms with Crippen LogP contribution in [0.3, 0.4) is 0 Å². The van der Waals surface area contributed by atoms with Crippen molar-refractivity contribution in [2.75, 3.05) is 27.3 Å². The minimum Gasteiger partial charge on any atom is -0.311 e. The summed E-state index contributed by atoms with van der Waals surface area (Å²) >= 11 is 12.2. The lowest BCUT2D eigenvalue weighted by Crippen LogP contribution is -2.29. The van der Waals surface area contributed by atoms with Crippen LogP contribution in [0.1, 0.15) is 25.2 Å². The number of hydrogen-bond acceptors (Lipinski definition) is 4. The van der Waals surface area contributed by atoms with E-state index in [2.05, 4.69) is 0 Å². The Morgan fingerprint density at radius 1 is 1.20 bits per heavy atom. The summed E-state index contributed by atoms with van der Waals surface area (Å²) in [4.78, 5) is 1.99. The molecule has 0 aliphatic heterocycles. The van der Waals surface area contributed by atoms with Crippen molar-refractivity contribution in [2.45, 2.75) is 19.6 Å². The molecular weight excluding hydrogens is 320 g/mol. The van der Waals surface area contributed by atoms with Crippen LogP contribution in [0.5, 0.6) is 0 Å². The Bertz CT molecular complexity index is 487. The van der Waals surface area contributed by atoms with Crippen LogP contribution in [0.4, 0.5) is 0 Å². The van der Waals surface area contributed by atoms with E-state index in [0.717, 1.165) is 0 Å². The highest BCUT2D eigenvalue weighted by Crippen LogP contribution is 2.62. The quantitative estimate of drug-likeness (QED) is 0.667. The molecule has 0 aliphatic rings. The summed E-state index contributed by atoms with van der Waals surface area (Å²) < 4.78 is 23.2. The van der Waals surface area contributed by atoms with Gasteiger partial charge in [0, 0.05) is 29.8 Å². The monoisotopic (exact) mass is 339 g/mol. The highest BCUT2D eigenvalue weighted by molar-refractivity contribution is 7.54. The molecule has 1 rings (SSSR count). The van der Waals surface area contributed by atoms with Crippen LogP contribution in [0.15, 0.2) is 18.2 Å². The zero-order valence-electron chi connectivity index (χ0n) is 12.1. The lowest BCUT2D eigenvalue weighted by molar-refractivity contribution is 0.199. The zero-order chi connectivity index (χ0) is 15.3. The third-order valence-electron chi connectivity index (χ3n) is 3.21. The van der Waals surface area contributed by atoms with Gasteiger partial charge in [0.2, 0.25) is 0 Å². The van der Waals surface area contributed by atoms with E-state index < -0.39 is 13.4 Å². The second-order valence-corrected chi connectivity index (χ2v) is 7.31. The van der Waals surface area contributed by atoms with Crippen LogP contribution in [0.2, 0.25) is 10.0 Å². The minimum atomic E-state index is -3.35. The molecule has 0 amide bonds. The summed E-state index contributed by atoms with van der Waals surface area (Å²) in [6.07, 6.45) is 0. The van der Waals surface area contributed by atoms with E-state index in [9.17, 15) is 4.57 Å². The summed E-state index contributed by atoms with van der Waals surface area (Å²) in [5, 5.41) is 0.977. The standard InChI is InChI=1S/C13H20Cl2NO3P/c1-5-16(6-2)13(20(17,18-3)19-4)11-8-7-10(14)9-12(11)15/h7-9,13H,5-6H2,1-4H3. The first-order chi connectivity index (χ1) is 9.43. The van der Waals surface area contributed by atoms with Gasteiger partial charge in [-0.1, -0.05) is 43.1 Å². The predicted octanol–water partition coefficient (Wildman–Crippen LogP) is 4.82. The molecule has 20 heavy (non-hydrogen) atoms. The SMILES string of the molecule is CCN(CC)C(c1ccc(Cl)cc1Cl)P(=O)(OC)OC. The summed E-state index contributed by atoms with van der Waals surface area (Å²) in [6.45, 7) is 5.35. The van der Waals surface area contributed by atoms with E-state index in [0.29, 0.717) is 28.7 Å². The molecule has 0 spiro atoms. The third-order valence-corrected chi connectivity index (χ3v) is 5.99. The Hall–Kier alpha value is -0.0900. The van der Waals surface area contributed by atoms with E-state index in [1.54, 1.807) is 18.2 Å². The number of hydrogen-bond donors (Lipinski definition) is 0. The highest BCUT2D eigenvalue weighted by atomic mass is 35.5. The van der Waals surface area contributed by atoms with E-state index in [4.69, 9.17) is 32.2 Å². The molecule has 1 atom stereocenters. The van der Waals surface area contributed by atoms with E-state index in [-0.39, 0.29) is 0 Å². The van der Waals surface area contributed by atoms with Gasteiger partial charge in [0.15, 0.2) is 0 Å². The van der Waals surface area contributed by atoms with Crippen molar-refractivity contribution in [3.8, 4) is 0 Å². The van der Waals surface area contributed by atoms with Crippen LogP contribution in [-0.4, -0.2) is 32.2 Å². The van der Waals surface area contributed by atoms with Crippen LogP contribution in [-0.2, 0) is 13.6 Å². The van der Waals surface area contributed by atoms with Crippen molar-refractivity contribution in [3.05, 3.63) is 33.8 Å². The van der Waals surface area contributed by atoms with Gasteiger partial charge in [0.25, 0.3) is 0 Å². The van der Waals surface area contributed by atoms with E-state index in [1.807, 2.05) is 18.7 Å². The maximum atomic E-state index is 12.9. The normalized spacial score (nSPS) is 13.8. The topological polar surface area (TPSA) is 38.8 Å². The van der Waals surface area contributed by atoms with Gasteiger partial charge in [0.1, 0.15) is 5.78 Å². The minimum absolute atomic E-state index is 0.448. The van der Waals surface area contributed by atoms with E-state index >= 15 is 0 Å². The molecule has 0 saturated carbocycles. The van der Waals surface area contributed by atoms with Gasteiger partial charge in [0.05, 0.1) is 0 Å². The molecule has 0 N–H and O–H groups in total. The summed E-state index contributed by atoms with van der Waals surface area (Å²) in [6, 6.07) is 5.11. The van der Waals surface area contributed by atoms with Crippen LogP contribution < -0.4 is 0 Å². The van der Waals surface area contributed by atoms with Gasteiger partial charge < -0.3 is 9.05 Å². The van der Waals surface area contributed by atoms with Gasteiger partial charge in [-0.05, 0) is 25.2 Å². The summed E-state index contributed by atoms with van der Waals surface area (Å²) in [7, 11) is -0.587. The molecule has 4 nitrogen and oxygen atoms in total. The maximum absolute atomic E-state index is 12.9. The fraction of sp³-hybridized carbons (Fsp3) is 0.538. The van der Waals surface area contributed by atoms with Crippen molar-refractivity contribution >= 4 is 30.8 Å². The second kappa shape index (κ2) is 7.79. The number of nitrogens with zero attached hydrogens (tertiary/aromatic N) is 1. The van der Waals surface area contributed by atoms with Crippen LogP contribution in [0.25, 0.3) is 0 Å². The molecule has 1 unspecified atom stereocenters. The summed E-state index contributed by atoms with van der Waals surface area (Å²) in [5.74, 6) is -0.558. The van der Waals surface area contributed by atoms with Crippen molar-refractivity contribution in [1.29, 1.82) is 0 Å². The van der Waals surface area contributed by atoms with Crippen molar-refractivity contribution < 1.29 is 13.6 Å². The fourth-order valence-electron chi connectivity index (χ4n) is 2.12. The van der Waals surface area contributed by atoms with Crippen molar-refractivity contribution in [3.63, 3.8) is 0 Å². The molecule has 0 saturated heterocycles. The van der Waals surface area contributed by atoms with Gasteiger partial charge in [-0.2, -0.15) is 0 Å². The molecule has 7 heteroatoms. The first-order valence-corrected chi connectivity index (χ1v) is 8.70. The van der Waals surface area contributed by atoms with Gasteiger partial charge in [-0.15, -0.1) is 0 Å². The average Bonchev–Trinajstić information content (AvgIpc) is 2.45. The lowest BCUT2D eigenvalue weighted by atomic mass is 10.2. The average molecular weight is 340 g/mol. The maximum Gasteiger partial charge on any atom is 0.351 e. The Balaban J connectivity index is 3.40. The van der Waals surface area contributed by atoms with Crippen molar-refractivity contribution in [2.24, 2.45) is 0 Å². The lowest BCUT2D eigenvalue weighted by Gasteiger charge is -2.34. The van der Waals surface area contributed by atoms with Crippen molar-refractivity contribution in [1.82, 2.24) is 4.90 Å². The molecular formula is C13H20Cl2NO3P. The molecule has 0 fully saturated rings. The smallest absolute Gasteiger partial charge is 0.311 e. The number of benzene rings is 1. The van der Waals surface area contributed by atoms with Gasteiger partial charge >= 0.3 is 7.60 Å². The second-order valence-electron chi connectivity index (χ2n) is 4.17. The Morgan fingerprint density at radius 2 is 1.75 bits per heavy atom. The molecule has 114 valence electrons. The van der Waals surface area contributed by atoms with E-state index in [1.165, 1.54) is 14.2 Å². The molecule has 1 aromatic carbocycles. The molecule has 0 radical (unpaired) electrons. The Labute approximate surface area is 130 Å². The molecule has 0 aliphatic carbocycles. The molecule has 0 heterocycles. The molecule has 0 bridgehead atoms. The Morgan fingerprint density at radius 3 is 2.15 bits per heavy atom. The molecule has 1 aromatic rings. The fourth-order valence-corrected chi connectivity index (χ4v) is 4.55. The predicted molar refractivity (Wildman–Crippen MR) is 83.7 cm³/mol. The summed E-state index contributed by atoms with van der Waals surface area (Å²) in [5.41, 5.74) is 0.687. The largest absolute Gasteiger partial charge is 0.351 e.